The molecule has 1 aromatic carbocycles. The van der Waals surface area contributed by atoms with E-state index in [1.165, 1.54) is 18.5 Å². The van der Waals surface area contributed by atoms with E-state index in [1.54, 1.807) is 10.7 Å². The number of fused-ring (bicyclic) bond motifs is 1. The van der Waals surface area contributed by atoms with E-state index in [-0.39, 0.29) is 11.9 Å². The first kappa shape index (κ1) is 13.8. The summed E-state index contributed by atoms with van der Waals surface area (Å²) >= 11 is 0. The van der Waals surface area contributed by atoms with E-state index in [4.69, 9.17) is 10.2 Å². The van der Waals surface area contributed by atoms with Gasteiger partial charge in [-0.15, -0.1) is 0 Å². The maximum Gasteiger partial charge on any atom is 0.138 e. The maximum atomic E-state index is 13.3. The van der Waals surface area contributed by atoms with Crippen LogP contribution in [0.25, 0.3) is 11.0 Å². The van der Waals surface area contributed by atoms with Crippen LogP contribution in [0.5, 0.6) is 0 Å². The first-order chi connectivity index (χ1) is 10.1. The fourth-order valence-electron chi connectivity index (χ4n) is 2.57. The molecule has 2 heterocycles. The standard InChI is InChI=1S/C15H17FN4O/c1-3-20-14(18-8-19-20)7-12(17)15-9(2)11-6-10(16)4-5-13(11)21-15/h4-6,8,12H,3,7,17H2,1-2H3. The van der Waals surface area contributed by atoms with Crippen LogP contribution in [0.4, 0.5) is 4.39 Å². The zero-order valence-corrected chi connectivity index (χ0v) is 12.0. The number of benzene rings is 1. The smallest absolute Gasteiger partial charge is 0.138 e. The highest BCUT2D eigenvalue weighted by Gasteiger charge is 2.19. The van der Waals surface area contributed by atoms with Crippen molar-refractivity contribution in [3.8, 4) is 0 Å². The quantitative estimate of drug-likeness (QED) is 0.801. The number of nitrogens with two attached hydrogens (primary N) is 1. The zero-order chi connectivity index (χ0) is 15.0. The van der Waals surface area contributed by atoms with Crippen LogP contribution in [0.3, 0.4) is 0 Å². The molecule has 0 amide bonds. The summed E-state index contributed by atoms with van der Waals surface area (Å²) in [6, 6.07) is 4.14. The van der Waals surface area contributed by atoms with Crippen molar-refractivity contribution in [3.05, 3.63) is 47.5 Å². The molecule has 1 atom stereocenters. The van der Waals surface area contributed by atoms with Crippen molar-refractivity contribution < 1.29 is 8.81 Å². The van der Waals surface area contributed by atoms with Crippen LogP contribution in [0.2, 0.25) is 0 Å². The number of halogens is 1. The summed E-state index contributed by atoms with van der Waals surface area (Å²) in [5.41, 5.74) is 7.77. The third kappa shape index (κ3) is 2.42. The Morgan fingerprint density at radius 3 is 3.00 bits per heavy atom. The van der Waals surface area contributed by atoms with Crippen molar-refractivity contribution in [1.82, 2.24) is 14.8 Å². The van der Waals surface area contributed by atoms with Crippen LogP contribution in [0.1, 0.15) is 30.1 Å². The Kier molecular flexibility index (Phi) is 3.47. The highest BCUT2D eigenvalue weighted by Crippen LogP contribution is 2.30. The van der Waals surface area contributed by atoms with Gasteiger partial charge in [0.15, 0.2) is 0 Å². The minimum Gasteiger partial charge on any atom is -0.459 e. The van der Waals surface area contributed by atoms with Gasteiger partial charge in [-0.05, 0) is 32.0 Å². The molecule has 3 aromatic rings. The molecule has 0 bridgehead atoms. The number of aryl methyl sites for hydroxylation is 2. The lowest BCUT2D eigenvalue weighted by molar-refractivity contribution is 0.475. The molecule has 0 aliphatic rings. The highest BCUT2D eigenvalue weighted by molar-refractivity contribution is 5.82. The third-order valence-corrected chi connectivity index (χ3v) is 3.67. The monoisotopic (exact) mass is 288 g/mol. The second kappa shape index (κ2) is 5.29. The summed E-state index contributed by atoms with van der Waals surface area (Å²) in [5.74, 6) is 1.20. The average molecular weight is 288 g/mol. The van der Waals surface area contributed by atoms with E-state index in [1.807, 2.05) is 13.8 Å². The molecular weight excluding hydrogens is 271 g/mol. The predicted octanol–water partition coefficient (Wildman–Crippen LogP) is 2.73. The lowest BCUT2D eigenvalue weighted by Crippen LogP contribution is -2.17. The molecule has 0 saturated carbocycles. The molecule has 0 aliphatic heterocycles. The van der Waals surface area contributed by atoms with Gasteiger partial charge in [0.05, 0.1) is 6.04 Å². The predicted molar refractivity (Wildman–Crippen MR) is 77.2 cm³/mol. The van der Waals surface area contributed by atoms with E-state index in [2.05, 4.69) is 10.1 Å². The van der Waals surface area contributed by atoms with Crippen LogP contribution >= 0.6 is 0 Å². The lowest BCUT2D eigenvalue weighted by Gasteiger charge is -2.10. The molecule has 0 fully saturated rings. The molecule has 0 spiro atoms. The first-order valence-corrected chi connectivity index (χ1v) is 6.91. The molecular formula is C15H17FN4O. The summed E-state index contributed by atoms with van der Waals surface area (Å²) in [4.78, 5) is 4.22. The summed E-state index contributed by atoms with van der Waals surface area (Å²) in [7, 11) is 0. The van der Waals surface area contributed by atoms with Gasteiger partial charge in [0, 0.05) is 23.9 Å². The molecule has 6 heteroatoms. The van der Waals surface area contributed by atoms with Crippen molar-refractivity contribution in [2.75, 3.05) is 0 Å². The third-order valence-electron chi connectivity index (χ3n) is 3.67. The second-order valence-electron chi connectivity index (χ2n) is 5.03. The summed E-state index contributed by atoms with van der Waals surface area (Å²) < 4.78 is 20.9. The van der Waals surface area contributed by atoms with Crippen LogP contribution in [0, 0.1) is 12.7 Å². The Balaban J connectivity index is 1.94. The molecule has 1 unspecified atom stereocenters. The zero-order valence-electron chi connectivity index (χ0n) is 12.0. The van der Waals surface area contributed by atoms with Crippen LogP contribution in [0.15, 0.2) is 28.9 Å². The molecule has 3 rings (SSSR count). The number of aromatic nitrogens is 3. The van der Waals surface area contributed by atoms with E-state index < -0.39 is 0 Å². The van der Waals surface area contributed by atoms with Crippen molar-refractivity contribution in [3.63, 3.8) is 0 Å². The fourth-order valence-corrected chi connectivity index (χ4v) is 2.57. The van der Waals surface area contributed by atoms with E-state index in [0.717, 1.165) is 23.3 Å². The van der Waals surface area contributed by atoms with Crippen LogP contribution in [-0.4, -0.2) is 14.8 Å². The Labute approximate surface area is 121 Å². The van der Waals surface area contributed by atoms with Gasteiger partial charge < -0.3 is 10.2 Å². The molecule has 0 saturated heterocycles. The Bertz CT molecular complexity index is 777. The summed E-state index contributed by atoms with van der Waals surface area (Å²) in [5, 5.41) is 4.89. The van der Waals surface area contributed by atoms with Gasteiger partial charge in [-0.2, -0.15) is 5.10 Å². The van der Waals surface area contributed by atoms with Gasteiger partial charge in [-0.3, -0.25) is 4.68 Å². The molecule has 0 radical (unpaired) electrons. The molecule has 5 nitrogen and oxygen atoms in total. The van der Waals surface area contributed by atoms with Crippen molar-refractivity contribution >= 4 is 11.0 Å². The topological polar surface area (TPSA) is 69.9 Å². The normalized spacial score (nSPS) is 13.0. The number of hydrogen-bond donors (Lipinski definition) is 1. The lowest BCUT2D eigenvalue weighted by atomic mass is 10.1. The molecule has 0 aliphatic carbocycles. The Morgan fingerprint density at radius 2 is 2.24 bits per heavy atom. The SMILES string of the molecule is CCn1ncnc1CC(N)c1oc2ccc(F)cc2c1C. The first-order valence-electron chi connectivity index (χ1n) is 6.91. The second-order valence-corrected chi connectivity index (χ2v) is 5.03. The number of nitrogens with zero attached hydrogens (tertiary/aromatic N) is 3. The fraction of sp³-hybridized carbons (Fsp3) is 0.333. The number of furan rings is 1. The molecule has 2 aromatic heterocycles. The van der Waals surface area contributed by atoms with Crippen molar-refractivity contribution in [1.29, 1.82) is 0 Å². The van der Waals surface area contributed by atoms with Gasteiger partial charge in [0.2, 0.25) is 0 Å². The summed E-state index contributed by atoms with van der Waals surface area (Å²) in [6.07, 6.45) is 2.05. The maximum absolute atomic E-state index is 13.3. The molecule has 21 heavy (non-hydrogen) atoms. The Morgan fingerprint density at radius 1 is 1.43 bits per heavy atom. The minimum absolute atomic E-state index is 0.280. The van der Waals surface area contributed by atoms with E-state index in [9.17, 15) is 4.39 Å². The number of rotatable bonds is 4. The van der Waals surface area contributed by atoms with Crippen molar-refractivity contribution in [2.45, 2.75) is 32.9 Å². The van der Waals surface area contributed by atoms with Gasteiger partial charge in [-0.1, -0.05) is 0 Å². The highest BCUT2D eigenvalue weighted by atomic mass is 19.1. The number of hydrogen-bond acceptors (Lipinski definition) is 4. The Hall–Kier alpha value is -2.21. The largest absolute Gasteiger partial charge is 0.459 e. The van der Waals surface area contributed by atoms with Gasteiger partial charge in [0.1, 0.15) is 29.3 Å². The molecule has 110 valence electrons. The molecule has 2 N–H and O–H groups in total. The van der Waals surface area contributed by atoms with E-state index in [0.29, 0.717) is 17.8 Å². The minimum atomic E-state index is -0.338. The van der Waals surface area contributed by atoms with Crippen LogP contribution < -0.4 is 5.73 Å². The van der Waals surface area contributed by atoms with E-state index >= 15 is 0 Å². The van der Waals surface area contributed by atoms with Crippen LogP contribution in [-0.2, 0) is 13.0 Å². The summed E-state index contributed by atoms with van der Waals surface area (Å²) in [6.45, 7) is 4.64. The van der Waals surface area contributed by atoms with Crippen molar-refractivity contribution in [2.24, 2.45) is 5.73 Å². The van der Waals surface area contributed by atoms with Gasteiger partial charge in [-0.25, -0.2) is 9.37 Å². The average Bonchev–Trinajstić information content (AvgIpc) is 3.04. The van der Waals surface area contributed by atoms with Gasteiger partial charge in [0.25, 0.3) is 0 Å². The van der Waals surface area contributed by atoms with Gasteiger partial charge >= 0.3 is 0 Å².